The Kier molecular flexibility index (Phi) is 4.62. The normalized spacial score (nSPS) is 24.5. The molecule has 28 heavy (non-hydrogen) atoms. The summed E-state index contributed by atoms with van der Waals surface area (Å²) in [6.07, 6.45) is 8.70. The number of piperidine rings is 1. The van der Waals surface area contributed by atoms with E-state index in [4.69, 9.17) is 9.51 Å². The van der Waals surface area contributed by atoms with Crippen LogP contribution in [0.5, 0.6) is 0 Å². The van der Waals surface area contributed by atoms with Crippen LogP contribution in [-0.2, 0) is 25.8 Å². The maximum Gasteiger partial charge on any atom is 0.276 e. The van der Waals surface area contributed by atoms with Crippen molar-refractivity contribution in [2.24, 2.45) is 5.92 Å². The first-order chi connectivity index (χ1) is 13.7. The van der Waals surface area contributed by atoms with Crippen LogP contribution in [0.15, 0.2) is 10.7 Å². The summed E-state index contributed by atoms with van der Waals surface area (Å²) >= 11 is 0. The predicted octanol–water partition coefficient (Wildman–Crippen LogP) is 2.60. The average molecular weight is 381 g/mol. The number of aryl methyl sites for hydroxylation is 1. The number of aromatic nitrogens is 3. The second-order valence-corrected chi connectivity index (χ2v) is 8.42. The second kappa shape index (κ2) is 7.28. The third-order valence-electron chi connectivity index (χ3n) is 6.38. The molecule has 7 nitrogen and oxygen atoms in total. The van der Waals surface area contributed by atoms with E-state index in [0.29, 0.717) is 11.6 Å². The van der Waals surface area contributed by atoms with Gasteiger partial charge in [-0.05, 0) is 38.0 Å². The van der Waals surface area contributed by atoms with Gasteiger partial charge in [0.25, 0.3) is 5.91 Å². The summed E-state index contributed by atoms with van der Waals surface area (Å²) in [4.78, 5) is 24.9. The van der Waals surface area contributed by atoms with Crippen molar-refractivity contribution < 1.29 is 9.32 Å². The molecular formula is C21H27N5O2. The van der Waals surface area contributed by atoms with Crippen molar-refractivity contribution in [2.45, 2.75) is 64.5 Å². The number of likely N-dealkylation sites (tertiary alicyclic amines) is 1. The van der Waals surface area contributed by atoms with Gasteiger partial charge in [-0.1, -0.05) is 12.1 Å². The number of nitrogens with one attached hydrogen (secondary N) is 1. The van der Waals surface area contributed by atoms with Gasteiger partial charge in [-0.25, -0.2) is 9.97 Å². The number of fused-ring (bicyclic) bond motifs is 2. The molecule has 1 aliphatic carbocycles. The van der Waals surface area contributed by atoms with Gasteiger partial charge in [0.1, 0.15) is 5.76 Å². The highest BCUT2D eigenvalue weighted by Gasteiger charge is 2.35. The number of amides is 1. The van der Waals surface area contributed by atoms with Crippen LogP contribution in [0, 0.1) is 5.92 Å². The van der Waals surface area contributed by atoms with E-state index >= 15 is 0 Å². The molecule has 5 rings (SSSR count). The Bertz CT molecular complexity index is 893. The number of carbonyl (C=O) groups excluding carboxylic acids is 1. The topological polar surface area (TPSA) is 84.2 Å². The zero-order chi connectivity index (χ0) is 19.1. The number of nitrogens with zero attached hydrogens (tertiary/aromatic N) is 4. The van der Waals surface area contributed by atoms with E-state index in [0.717, 1.165) is 87.4 Å². The summed E-state index contributed by atoms with van der Waals surface area (Å²) in [5.74, 6) is 2.21. The molecule has 0 spiro atoms. The van der Waals surface area contributed by atoms with Crippen LogP contribution in [0.4, 0.5) is 0 Å². The maximum absolute atomic E-state index is 13.4. The maximum atomic E-state index is 13.4. The number of hydrogen-bond donors (Lipinski definition) is 1. The van der Waals surface area contributed by atoms with E-state index in [1.165, 1.54) is 5.56 Å². The lowest BCUT2D eigenvalue weighted by Crippen LogP contribution is -2.40. The first-order valence-electron chi connectivity index (χ1n) is 10.5. The fourth-order valence-corrected chi connectivity index (χ4v) is 4.74. The molecule has 0 bridgehead atoms. The van der Waals surface area contributed by atoms with Crippen LogP contribution in [0.1, 0.15) is 77.5 Å². The van der Waals surface area contributed by atoms with E-state index in [9.17, 15) is 4.79 Å². The molecule has 0 saturated carbocycles. The molecule has 3 aliphatic rings. The number of rotatable bonds is 2. The quantitative estimate of drug-likeness (QED) is 0.861. The van der Waals surface area contributed by atoms with E-state index in [1.54, 1.807) is 0 Å². The molecule has 2 atom stereocenters. The molecule has 1 amide bonds. The summed E-state index contributed by atoms with van der Waals surface area (Å²) in [5.41, 5.74) is 3.82. The summed E-state index contributed by atoms with van der Waals surface area (Å²) in [7, 11) is 0. The van der Waals surface area contributed by atoms with Crippen LogP contribution >= 0.6 is 0 Å². The average Bonchev–Trinajstić information content (AvgIpc) is 3.16. The standard InChI is InChI=1S/C21H27N5O2/c1-13-5-6-18-15(10-13)19(25-28-18)21(27)26-9-3-2-4-17(26)20-23-12-14-11-22-8-7-16(14)24-20/h12-13,17,22H,2-11H2,1H3. The fourth-order valence-electron chi connectivity index (χ4n) is 4.74. The summed E-state index contributed by atoms with van der Waals surface area (Å²) in [6.45, 7) is 4.72. The van der Waals surface area contributed by atoms with Crippen molar-refractivity contribution in [2.75, 3.05) is 13.1 Å². The molecule has 2 aromatic heterocycles. The first kappa shape index (κ1) is 17.8. The minimum atomic E-state index is -0.0743. The number of hydrogen-bond acceptors (Lipinski definition) is 6. The van der Waals surface area contributed by atoms with Crippen molar-refractivity contribution in [3.8, 4) is 0 Å². The Morgan fingerprint density at radius 2 is 2.21 bits per heavy atom. The SMILES string of the molecule is CC1CCc2onc(C(=O)N3CCCCC3c3ncc4c(n3)CCNC4)c2C1. The third-order valence-corrected chi connectivity index (χ3v) is 6.38. The Morgan fingerprint density at radius 1 is 1.29 bits per heavy atom. The van der Waals surface area contributed by atoms with Crippen molar-refractivity contribution >= 4 is 5.91 Å². The summed E-state index contributed by atoms with van der Waals surface area (Å²) in [5, 5.41) is 7.55. The monoisotopic (exact) mass is 381 g/mol. The molecule has 0 radical (unpaired) electrons. The van der Waals surface area contributed by atoms with Gasteiger partial charge in [0.15, 0.2) is 11.5 Å². The largest absolute Gasteiger partial charge is 0.360 e. The molecule has 0 aromatic carbocycles. The minimum Gasteiger partial charge on any atom is -0.360 e. The van der Waals surface area contributed by atoms with Gasteiger partial charge in [-0.2, -0.15) is 0 Å². The molecule has 2 aromatic rings. The van der Waals surface area contributed by atoms with Crippen LogP contribution in [-0.4, -0.2) is 39.0 Å². The Balaban J connectivity index is 1.45. The second-order valence-electron chi connectivity index (χ2n) is 8.42. The molecule has 2 unspecified atom stereocenters. The zero-order valence-electron chi connectivity index (χ0n) is 16.4. The highest BCUT2D eigenvalue weighted by Crippen LogP contribution is 2.33. The molecule has 1 fully saturated rings. The lowest BCUT2D eigenvalue weighted by molar-refractivity contribution is 0.0587. The van der Waals surface area contributed by atoms with Gasteiger partial charge in [-0.3, -0.25) is 4.79 Å². The molecule has 1 saturated heterocycles. The van der Waals surface area contributed by atoms with Crippen LogP contribution in [0.3, 0.4) is 0 Å². The Morgan fingerprint density at radius 3 is 3.14 bits per heavy atom. The lowest BCUT2D eigenvalue weighted by atomic mass is 9.88. The van der Waals surface area contributed by atoms with E-state index in [2.05, 4.69) is 22.4 Å². The molecular weight excluding hydrogens is 354 g/mol. The van der Waals surface area contributed by atoms with E-state index in [-0.39, 0.29) is 11.9 Å². The van der Waals surface area contributed by atoms with E-state index in [1.807, 2.05) is 11.1 Å². The molecule has 7 heteroatoms. The highest BCUT2D eigenvalue weighted by molar-refractivity contribution is 5.94. The summed E-state index contributed by atoms with van der Waals surface area (Å²) < 4.78 is 5.53. The Labute approximate surface area is 164 Å². The minimum absolute atomic E-state index is 0.0215. The smallest absolute Gasteiger partial charge is 0.276 e. The van der Waals surface area contributed by atoms with Gasteiger partial charge in [0, 0.05) is 55.5 Å². The molecule has 148 valence electrons. The number of carbonyl (C=O) groups is 1. The fraction of sp³-hybridized carbons (Fsp3) is 0.619. The lowest BCUT2D eigenvalue weighted by Gasteiger charge is -2.35. The summed E-state index contributed by atoms with van der Waals surface area (Å²) in [6, 6.07) is -0.0743. The van der Waals surface area contributed by atoms with Crippen molar-refractivity contribution in [1.82, 2.24) is 25.3 Å². The zero-order valence-corrected chi connectivity index (χ0v) is 16.4. The third kappa shape index (κ3) is 3.11. The van der Waals surface area contributed by atoms with Gasteiger partial charge < -0.3 is 14.7 Å². The van der Waals surface area contributed by atoms with Gasteiger partial charge in [0.05, 0.1) is 6.04 Å². The van der Waals surface area contributed by atoms with Crippen LogP contribution in [0.25, 0.3) is 0 Å². The predicted molar refractivity (Wildman–Crippen MR) is 103 cm³/mol. The van der Waals surface area contributed by atoms with Crippen LogP contribution in [0.2, 0.25) is 0 Å². The van der Waals surface area contributed by atoms with Gasteiger partial charge in [0.2, 0.25) is 0 Å². The van der Waals surface area contributed by atoms with Crippen LogP contribution < -0.4 is 5.32 Å². The van der Waals surface area contributed by atoms with Crippen molar-refractivity contribution in [3.05, 3.63) is 40.3 Å². The van der Waals surface area contributed by atoms with Gasteiger partial charge in [-0.15, -0.1) is 0 Å². The Hall–Kier alpha value is -2.28. The van der Waals surface area contributed by atoms with Crippen molar-refractivity contribution in [1.29, 1.82) is 0 Å². The highest BCUT2D eigenvalue weighted by atomic mass is 16.5. The van der Waals surface area contributed by atoms with Gasteiger partial charge >= 0.3 is 0 Å². The molecule has 2 aliphatic heterocycles. The van der Waals surface area contributed by atoms with Crippen molar-refractivity contribution in [3.63, 3.8) is 0 Å². The first-order valence-corrected chi connectivity index (χ1v) is 10.5. The van der Waals surface area contributed by atoms with E-state index < -0.39 is 0 Å². The molecule has 4 heterocycles. The molecule has 1 N–H and O–H groups in total.